The molecule has 0 aliphatic heterocycles. The maximum absolute atomic E-state index is 3.48. The van der Waals surface area contributed by atoms with Crippen LogP contribution in [0.2, 0.25) is 0 Å². The first-order valence-corrected chi connectivity index (χ1v) is 5.79. The van der Waals surface area contributed by atoms with Gasteiger partial charge in [-0.05, 0) is 21.1 Å². The molecular formula is C6H4Br4. The summed E-state index contributed by atoms with van der Waals surface area (Å²) in [6.45, 7) is 0. The van der Waals surface area contributed by atoms with Crippen molar-refractivity contribution in [1.29, 1.82) is 0 Å². The average Bonchev–Trinajstić information content (AvgIpc) is 1.54. The van der Waals surface area contributed by atoms with Crippen LogP contribution in [-0.2, 0) is 0 Å². The van der Waals surface area contributed by atoms with E-state index >= 15 is 0 Å². The molecule has 1 aliphatic carbocycles. The van der Waals surface area contributed by atoms with Gasteiger partial charge in [-0.1, -0.05) is 63.7 Å². The third kappa shape index (κ3) is 2.80. The molecule has 0 saturated heterocycles. The zero-order valence-corrected chi connectivity index (χ0v) is 11.2. The number of hydrogen-bond donors (Lipinski definition) is 0. The zero-order chi connectivity index (χ0) is 7.78. The van der Waals surface area contributed by atoms with Crippen LogP contribution in [0.15, 0.2) is 21.1 Å². The number of rotatable bonds is 0. The summed E-state index contributed by atoms with van der Waals surface area (Å²) in [5.41, 5.74) is 0. The molecule has 1 rings (SSSR count). The summed E-state index contributed by atoms with van der Waals surface area (Å²) in [6, 6.07) is 0. The monoisotopic (exact) mass is 392 g/mol. The molecule has 0 fully saturated rings. The Morgan fingerprint density at radius 2 is 1.50 bits per heavy atom. The Morgan fingerprint density at radius 1 is 1.10 bits per heavy atom. The standard InChI is InChI=1S/C6H4Br4/c7-4-1-5(8)3-6(9,10)2-4/h2-3H,1H2. The number of allylic oxidation sites excluding steroid dienone is 4. The van der Waals surface area contributed by atoms with Gasteiger partial charge in [0.15, 0.2) is 0 Å². The van der Waals surface area contributed by atoms with Crippen molar-refractivity contribution in [2.45, 2.75) is 9.65 Å². The van der Waals surface area contributed by atoms with Crippen LogP contribution in [0.3, 0.4) is 0 Å². The summed E-state index contributed by atoms with van der Waals surface area (Å²) >= 11 is 13.8. The van der Waals surface area contributed by atoms with E-state index in [0.717, 1.165) is 6.42 Å². The molecular weight excluding hydrogens is 392 g/mol. The minimum absolute atomic E-state index is 0.171. The van der Waals surface area contributed by atoms with Crippen LogP contribution in [-0.4, -0.2) is 3.23 Å². The summed E-state index contributed by atoms with van der Waals surface area (Å²) in [5, 5.41) is 0. The molecule has 0 aromatic carbocycles. The minimum atomic E-state index is -0.171. The number of halogens is 4. The summed E-state index contributed by atoms with van der Waals surface area (Å²) in [6.07, 6.45) is 5.08. The van der Waals surface area contributed by atoms with Crippen molar-refractivity contribution in [3.05, 3.63) is 21.1 Å². The van der Waals surface area contributed by atoms with Gasteiger partial charge in [-0.25, -0.2) is 0 Å². The lowest BCUT2D eigenvalue weighted by molar-refractivity contribution is 1.19. The van der Waals surface area contributed by atoms with Gasteiger partial charge in [-0.2, -0.15) is 0 Å². The van der Waals surface area contributed by atoms with Gasteiger partial charge in [-0.3, -0.25) is 0 Å². The number of hydrogen-bond acceptors (Lipinski definition) is 0. The predicted molar refractivity (Wildman–Crippen MR) is 59.2 cm³/mol. The van der Waals surface area contributed by atoms with E-state index in [1.807, 2.05) is 0 Å². The van der Waals surface area contributed by atoms with E-state index < -0.39 is 0 Å². The van der Waals surface area contributed by atoms with Crippen LogP contribution in [0.4, 0.5) is 0 Å². The van der Waals surface area contributed by atoms with Crippen molar-refractivity contribution >= 4 is 63.7 Å². The molecule has 0 saturated carbocycles. The SMILES string of the molecule is BrC1=CC(Br)(Br)C=C(Br)C1. The first kappa shape index (κ1) is 9.49. The van der Waals surface area contributed by atoms with Crippen molar-refractivity contribution in [2.24, 2.45) is 0 Å². The molecule has 4 heteroatoms. The smallest absolute Gasteiger partial charge is 0.0633 e. The second kappa shape index (κ2) is 3.42. The highest BCUT2D eigenvalue weighted by Gasteiger charge is 2.21. The van der Waals surface area contributed by atoms with Crippen molar-refractivity contribution in [1.82, 2.24) is 0 Å². The van der Waals surface area contributed by atoms with Crippen molar-refractivity contribution in [2.75, 3.05) is 0 Å². The van der Waals surface area contributed by atoms with Gasteiger partial charge in [0.05, 0.1) is 0 Å². The van der Waals surface area contributed by atoms with Crippen LogP contribution in [0.5, 0.6) is 0 Å². The fraction of sp³-hybridized carbons (Fsp3) is 0.333. The molecule has 0 unspecified atom stereocenters. The van der Waals surface area contributed by atoms with Gasteiger partial charge in [0.1, 0.15) is 3.23 Å². The molecule has 0 atom stereocenters. The van der Waals surface area contributed by atoms with Crippen LogP contribution in [0, 0.1) is 0 Å². The highest BCUT2D eigenvalue weighted by Crippen LogP contribution is 2.40. The van der Waals surface area contributed by atoms with Crippen molar-refractivity contribution < 1.29 is 0 Å². The van der Waals surface area contributed by atoms with Gasteiger partial charge in [-0.15, -0.1) is 0 Å². The van der Waals surface area contributed by atoms with E-state index in [2.05, 4.69) is 75.9 Å². The molecule has 0 aromatic heterocycles. The second-order valence-electron chi connectivity index (χ2n) is 2.03. The summed E-state index contributed by atoms with van der Waals surface area (Å²) < 4.78 is 2.18. The van der Waals surface area contributed by atoms with Crippen LogP contribution in [0.1, 0.15) is 6.42 Å². The lowest BCUT2D eigenvalue weighted by Gasteiger charge is -2.17. The molecule has 0 radical (unpaired) electrons. The van der Waals surface area contributed by atoms with Gasteiger partial charge >= 0.3 is 0 Å². The first-order valence-electron chi connectivity index (χ1n) is 2.62. The van der Waals surface area contributed by atoms with E-state index in [1.54, 1.807) is 0 Å². The molecule has 0 amide bonds. The summed E-state index contributed by atoms with van der Waals surface area (Å²) in [5.74, 6) is 0. The predicted octanol–water partition coefficient (Wildman–Crippen LogP) is 4.43. The molecule has 0 N–H and O–H groups in total. The summed E-state index contributed by atoms with van der Waals surface area (Å²) in [4.78, 5) is 0. The van der Waals surface area contributed by atoms with Gasteiger partial charge in [0, 0.05) is 6.42 Å². The van der Waals surface area contributed by atoms with Gasteiger partial charge < -0.3 is 0 Å². The molecule has 0 spiro atoms. The maximum atomic E-state index is 3.48. The van der Waals surface area contributed by atoms with E-state index in [0.29, 0.717) is 0 Å². The van der Waals surface area contributed by atoms with E-state index in [9.17, 15) is 0 Å². The average molecular weight is 396 g/mol. The number of alkyl halides is 2. The third-order valence-electron chi connectivity index (χ3n) is 1.04. The molecule has 0 heterocycles. The largest absolute Gasteiger partial charge is 0.119 e. The third-order valence-corrected chi connectivity index (χ3v) is 2.97. The first-order chi connectivity index (χ1) is 4.49. The highest BCUT2D eigenvalue weighted by molar-refractivity contribution is 9.25. The van der Waals surface area contributed by atoms with Crippen LogP contribution < -0.4 is 0 Å². The van der Waals surface area contributed by atoms with Gasteiger partial charge in [0.25, 0.3) is 0 Å². The Morgan fingerprint density at radius 3 is 1.80 bits per heavy atom. The Labute approximate surface area is 93.6 Å². The Balaban J connectivity index is 2.88. The van der Waals surface area contributed by atoms with Crippen LogP contribution >= 0.6 is 63.7 Å². The van der Waals surface area contributed by atoms with Gasteiger partial charge in [0.2, 0.25) is 0 Å². The lowest BCUT2D eigenvalue weighted by Crippen LogP contribution is -2.06. The fourth-order valence-electron chi connectivity index (χ4n) is 0.723. The molecule has 0 nitrogen and oxygen atoms in total. The maximum Gasteiger partial charge on any atom is 0.119 e. The normalized spacial score (nSPS) is 23.6. The lowest BCUT2D eigenvalue weighted by atomic mass is 10.2. The van der Waals surface area contributed by atoms with E-state index in [-0.39, 0.29) is 3.23 Å². The highest BCUT2D eigenvalue weighted by atomic mass is 79.9. The van der Waals surface area contributed by atoms with Crippen LogP contribution in [0.25, 0.3) is 0 Å². The van der Waals surface area contributed by atoms with Crippen molar-refractivity contribution in [3.63, 3.8) is 0 Å². The minimum Gasteiger partial charge on any atom is -0.0633 e. The molecule has 0 aromatic rings. The van der Waals surface area contributed by atoms with E-state index in [1.165, 1.54) is 8.96 Å². The van der Waals surface area contributed by atoms with Crippen molar-refractivity contribution in [3.8, 4) is 0 Å². The topological polar surface area (TPSA) is 0 Å². The molecule has 1 aliphatic rings. The molecule has 10 heavy (non-hydrogen) atoms. The Kier molecular flexibility index (Phi) is 3.24. The van der Waals surface area contributed by atoms with E-state index in [4.69, 9.17) is 0 Å². The fourth-order valence-corrected chi connectivity index (χ4v) is 4.76. The zero-order valence-electron chi connectivity index (χ0n) is 4.87. The Hall–Kier alpha value is 1.40. The second-order valence-corrected chi connectivity index (χ2v) is 7.76. The quantitative estimate of drug-likeness (QED) is 0.532. The molecule has 0 bridgehead atoms. The molecule has 56 valence electrons. The Bertz CT molecular complexity index is 182. The summed E-state index contributed by atoms with van der Waals surface area (Å²) in [7, 11) is 0.